The summed E-state index contributed by atoms with van der Waals surface area (Å²) in [5.41, 5.74) is -4.71. The van der Waals surface area contributed by atoms with E-state index in [9.17, 15) is 35.5 Å². The van der Waals surface area contributed by atoms with Crippen LogP contribution >= 0.6 is 0 Å². The van der Waals surface area contributed by atoms with Crippen molar-refractivity contribution >= 4 is 16.9 Å². The first-order valence-electron chi connectivity index (χ1n) is 7.54. The van der Waals surface area contributed by atoms with Gasteiger partial charge in [0.05, 0.1) is 34.9 Å². The van der Waals surface area contributed by atoms with Crippen molar-refractivity contribution in [2.45, 2.75) is 18.9 Å². The molecule has 0 fully saturated rings. The highest BCUT2D eigenvalue weighted by molar-refractivity contribution is 5.88. The molecule has 0 atom stereocenters. The van der Waals surface area contributed by atoms with E-state index in [1.54, 1.807) is 0 Å². The maximum Gasteiger partial charge on any atom is 0.418 e. The Bertz CT molecular complexity index is 1070. The molecular weight excluding hydrogens is 397 g/mol. The molecule has 0 bridgehead atoms. The molecule has 3 aromatic rings. The normalized spacial score (nSPS) is 12.5. The van der Waals surface area contributed by atoms with Gasteiger partial charge in [-0.1, -0.05) is 12.1 Å². The first kappa shape index (κ1) is 19.6. The quantitative estimate of drug-likeness (QED) is 0.626. The molecule has 148 valence electrons. The largest absolute Gasteiger partial charge is 0.478 e. The van der Waals surface area contributed by atoms with Crippen LogP contribution in [-0.4, -0.2) is 20.9 Å². The average Bonchev–Trinajstić information content (AvgIpc) is 2.97. The average molecular weight is 406 g/mol. The molecule has 1 heterocycles. The fourth-order valence-electron chi connectivity index (χ4n) is 2.76. The maximum absolute atomic E-state index is 14.3. The van der Waals surface area contributed by atoms with Crippen LogP contribution in [0.1, 0.15) is 27.0 Å². The second kappa shape index (κ2) is 6.50. The molecule has 0 aliphatic heterocycles. The summed E-state index contributed by atoms with van der Waals surface area (Å²) < 4.78 is 93.8. The predicted molar refractivity (Wildman–Crippen MR) is 82.2 cm³/mol. The zero-order valence-corrected chi connectivity index (χ0v) is 13.6. The van der Waals surface area contributed by atoms with Gasteiger partial charge in [0, 0.05) is 10.9 Å². The van der Waals surface area contributed by atoms with Crippen molar-refractivity contribution in [3.63, 3.8) is 0 Å². The summed E-state index contributed by atoms with van der Waals surface area (Å²) in [6.45, 7) is -0.606. The number of nitrogens with zero attached hydrogens (tertiary/aromatic N) is 2. The standard InChI is InChI=1S/C17H9F7N2O2/c18-13-8(2-1-3-11(13)15(27)28)7-26-14-9(6-25-26)4-10(16(19,20)21)5-12(14)17(22,23)24/h1-6H,7H2,(H,27,28). The molecule has 28 heavy (non-hydrogen) atoms. The van der Waals surface area contributed by atoms with E-state index in [-0.39, 0.29) is 11.6 Å². The molecular formula is C17H9F7N2O2. The lowest BCUT2D eigenvalue weighted by Crippen LogP contribution is -2.14. The van der Waals surface area contributed by atoms with Crippen LogP contribution in [0.2, 0.25) is 0 Å². The first-order valence-corrected chi connectivity index (χ1v) is 7.54. The fourth-order valence-corrected chi connectivity index (χ4v) is 2.76. The predicted octanol–water partition coefficient (Wildman–Crippen LogP) is 4.96. The summed E-state index contributed by atoms with van der Waals surface area (Å²) in [7, 11) is 0. The Morgan fingerprint density at radius 2 is 1.75 bits per heavy atom. The molecule has 11 heteroatoms. The highest BCUT2D eigenvalue weighted by Crippen LogP contribution is 2.40. The van der Waals surface area contributed by atoms with Crippen molar-refractivity contribution in [1.82, 2.24) is 9.78 Å². The zero-order chi connectivity index (χ0) is 20.9. The molecule has 0 saturated carbocycles. The van der Waals surface area contributed by atoms with Gasteiger partial charge < -0.3 is 5.11 Å². The second-order valence-electron chi connectivity index (χ2n) is 5.84. The second-order valence-corrected chi connectivity index (χ2v) is 5.84. The monoisotopic (exact) mass is 406 g/mol. The number of hydrogen-bond donors (Lipinski definition) is 1. The van der Waals surface area contributed by atoms with Crippen LogP contribution in [0.4, 0.5) is 30.7 Å². The molecule has 3 rings (SSSR count). The smallest absolute Gasteiger partial charge is 0.418 e. The van der Waals surface area contributed by atoms with Crippen molar-refractivity contribution in [3.8, 4) is 0 Å². The molecule has 0 amide bonds. The lowest BCUT2D eigenvalue weighted by Gasteiger charge is -2.15. The van der Waals surface area contributed by atoms with Gasteiger partial charge in [-0.05, 0) is 18.2 Å². The molecule has 4 nitrogen and oxygen atoms in total. The van der Waals surface area contributed by atoms with E-state index >= 15 is 0 Å². The minimum absolute atomic E-state index is 0.0372. The van der Waals surface area contributed by atoms with Gasteiger partial charge in [-0.15, -0.1) is 0 Å². The van der Waals surface area contributed by atoms with Crippen molar-refractivity contribution in [2.75, 3.05) is 0 Å². The Morgan fingerprint density at radius 3 is 2.32 bits per heavy atom. The molecule has 0 unspecified atom stereocenters. The first-order chi connectivity index (χ1) is 12.9. The zero-order valence-electron chi connectivity index (χ0n) is 13.6. The number of carboxylic acids is 1. The minimum Gasteiger partial charge on any atom is -0.478 e. The fraction of sp³-hybridized carbons (Fsp3) is 0.176. The van der Waals surface area contributed by atoms with Crippen LogP contribution in [0.15, 0.2) is 36.5 Å². The topological polar surface area (TPSA) is 55.1 Å². The number of halogens is 7. The molecule has 0 spiro atoms. The Balaban J connectivity index is 2.19. The van der Waals surface area contributed by atoms with Gasteiger partial charge in [0.15, 0.2) is 0 Å². The number of carbonyl (C=O) groups is 1. The minimum atomic E-state index is -5.13. The van der Waals surface area contributed by atoms with Crippen LogP contribution < -0.4 is 0 Å². The molecule has 2 aromatic carbocycles. The summed E-state index contributed by atoms with van der Waals surface area (Å²) in [5.74, 6) is -2.74. The molecule has 0 radical (unpaired) electrons. The van der Waals surface area contributed by atoms with Gasteiger partial charge in [0.25, 0.3) is 0 Å². The highest BCUT2D eigenvalue weighted by atomic mass is 19.4. The van der Waals surface area contributed by atoms with Gasteiger partial charge >= 0.3 is 18.3 Å². The molecule has 0 aliphatic carbocycles. The Morgan fingerprint density at radius 1 is 1.07 bits per heavy atom. The lowest BCUT2D eigenvalue weighted by molar-refractivity contribution is -0.142. The number of aromatic carboxylic acids is 1. The molecule has 1 N–H and O–H groups in total. The van der Waals surface area contributed by atoms with Gasteiger partial charge in [0.2, 0.25) is 0 Å². The van der Waals surface area contributed by atoms with E-state index < -0.39 is 58.3 Å². The number of fused-ring (bicyclic) bond motifs is 1. The number of hydrogen-bond acceptors (Lipinski definition) is 2. The van der Waals surface area contributed by atoms with Crippen LogP contribution in [0.25, 0.3) is 10.9 Å². The molecule has 0 aliphatic rings. The number of aromatic nitrogens is 2. The van der Waals surface area contributed by atoms with E-state index in [0.717, 1.165) is 18.3 Å². The van der Waals surface area contributed by atoms with Crippen LogP contribution in [0, 0.1) is 5.82 Å². The van der Waals surface area contributed by atoms with Gasteiger partial charge in [-0.3, -0.25) is 4.68 Å². The number of carboxylic acid groups (broad SMARTS) is 1. The highest BCUT2D eigenvalue weighted by Gasteiger charge is 2.39. The maximum atomic E-state index is 14.3. The number of benzene rings is 2. The Labute approximate surface area is 151 Å². The lowest BCUT2D eigenvalue weighted by atomic mass is 10.1. The van der Waals surface area contributed by atoms with E-state index in [1.807, 2.05) is 0 Å². The van der Waals surface area contributed by atoms with Crippen LogP contribution in [-0.2, 0) is 18.9 Å². The summed E-state index contributed by atoms with van der Waals surface area (Å²) in [6, 6.07) is 3.79. The summed E-state index contributed by atoms with van der Waals surface area (Å²) in [6.07, 6.45) is -9.32. The van der Waals surface area contributed by atoms with Gasteiger partial charge in [-0.2, -0.15) is 31.4 Å². The van der Waals surface area contributed by atoms with Crippen molar-refractivity contribution < 1.29 is 40.6 Å². The number of rotatable bonds is 3. The SMILES string of the molecule is O=C(O)c1cccc(Cn2ncc3cc(C(F)(F)F)cc(C(F)(F)F)c32)c1F. The number of alkyl halides is 6. The van der Waals surface area contributed by atoms with Gasteiger partial charge in [0.1, 0.15) is 5.82 Å². The van der Waals surface area contributed by atoms with E-state index in [4.69, 9.17) is 5.11 Å². The van der Waals surface area contributed by atoms with Crippen molar-refractivity contribution in [2.24, 2.45) is 0 Å². The van der Waals surface area contributed by atoms with E-state index in [1.165, 1.54) is 6.07 Å². The molecule has 1 aromatic heterocycles. The van der Waals surface area contributed by atoms with E-state index in [2.05, 4.69) is 5.10 Å². The Kier molecular flexibility index (Phi) is 4.56. The summed E-state index contributed by atoms with van der Waals surface area (Å²) in [5, 5.41) is 12.1. The third kappa shape index (κ3) is 3.51. The third-order valence-electron chi connectivity index (χ3n) is 4.00. The Hall–Kier alpha value is -3.11. The van der Waals surface area contributed by atoms with Crippen molar-refractivity contribution in [3.05, 3.63) is 64.6 Å². The van der Waals surface area contributed by atoms with Gasteiger partial charge in [-0.25, -0.2) is 9.18 Å². The van der Waals surface area contributed by atoms with E-state index in [0.29, 0.717) is 10.7 Å². The van der Waals surface area contributed by atoms with Crippen LogP contribution in [0.5, 0.6) is 0 Å². The van der Waals surface area contributed by atoms with Crippen molar-refractivity contribution in [1.29, 1.82) is 0 Å². The summed E-state index contributed by atoms with van der Waals surface area (Å²) in [4.78, 5) is 11.0. The van der Waals surface area contributed by atoms with Crippen LogP contribution in [0.3, 0.4) is 0 Å². The summed E-state index contributed by atoms with van der Waals surface area (Å²) >= 11 is 0. The molecule has 0 saturated heterocycles. The third-order valence-corrected chi connectivity index (χ3v) is 4.00.